The van der Waals surface area contributed by atoms with Crippen LogP contribution in [0.4, 0.5) is 17.1 Å². The summed E-state index contributed by atoms with van der Waals surface area (Å²) in [7, 11) is 6.98. The number of likely N-dealkylation sites (N-methyl/N-ethyl adjacent to an activating group) is 1. The summed E-state index contributed by atoms with van der Waals surface area (Å²) >= 11 is 0. The van der Waals surface area contributed by atoms with Crippen LogP contribution in [0.5, 0.6) is 5.75 Å². The first-order chi connectivity index (χ1) is 18.8. The number of nitrogens with one attached hydrogen (secondary N) is 4. The normalized spacial score (nSPS) is 16.4. The van der Waals surface area contributed by atoms with E-state index in [4.69, 9.17) is 9.73 Å². The van der Waals surface area contributed by atoms with Gasteiger partial charge in [-0.25, -0.2) is 4.99 Å². The number of aliphatic imine (C=N–C) groups is 2. The third-order valence-electron chi connectivity index (χ3n) is 6.33. The second kappa shape index (κ2) is 12.4. The molecule has 0 radical (unpaired) electrons. The predicted octanol–water partition coefficient (Wildman–Crippen LogP) is 2.64. The number of carbonyl (C=O) groups is 2. The van der Waals surface area contributed by atoms with Crippen molar-refractivity contribution < 1.29 is 14.3 Å². The summed E-state index contributed by atoms with van der Waals surface area (Å²) in [6.45, 7) is 3.26. The van der Waals surface area contributed by atoms with Crippen molar-refractivity contribution in [3.8, 4) is 5.75 Å². The maximum absolute atomic E-state index is 12.9. The van der Waals surface area contributed by atoms with Crippen molar-refractivity contribution in [3.63, 3.8) is 0 Å². The Labute approximate surface area is 229 Å². The molecule has 2 heterocycles. The van der Waals surface area contributed by atoms with E-state index in [0.717, 1.165) is 23.2 Å². The summed E-state index contributed by atoms with van der Waals surface area (Å²) in [5.41, 5.74) is 4.75. The molecule has 11 nitrogen and oxygen atoms in total. The fourth-order valence-electron chi connectivity index (χ4n) is 4.49. The van der Waals surface area contributed by atoms with Gasteiger partial charge in [0.05, 0.1) is 30.6 Å². The molecule has 0 atom stereocenters. The highest BCUT2D eigenvalue weighted by atomic mass is 16.5. The van der Waals surface area contributed by atoms with Crippen molar-refractivity contribution in [2.45, 2.75) is 19.8 Å². The van der Waals surface area contributed by atoms with Gasteiger partial charge in [0, 0.05) is 25.7 Å². The lowest BCUT2D eigenvalue weighted by molar-refractivity contribution is -0.119. The maximum atomic E-state index is 12.9. The van der Waals surface area contributed by atoms with Crippen molar-refractivity contribution in [3.05, 3.63) is 59.3 Å². The number of carbonyl (C=O) groups excluding carboxylic acids is 2. The second-order valence-electron chi connectivity index (χ2n) is 9.66. The number of para-hydroxylation sites is 1. The fraction of sp³-hybridized carbons (Fsp3) is 0.357. The summed E-state index contributed by atoms with van der Waals surface area (Å²) in [6, 6.07) is 11.2. The topological polar surface area (TPSA) is 123 Å². The van der Waals surface area contributed by atoms with Crippen LogP contribution < -0.4 is 30.9 Å². The van der Waals surface area contributed by atoms with Crippen LogP contribution in [-0.2, 0) is 11.2 Å². The van der Waals surface area contributed by atoms with E-state index >= 15 is 0 Å². The van der Waals surface area contributed by atoms with Gasteiger partial charge in [0.25, 0.3) is 5.91 Å². The molecule has 2 aromatic rings. The third-order valence-corrected chi connectivity index (χ3v) is 6.33. The van der Waals surface area contributed by atoms with Crippen LogP contribution in [0.25, 0.3) is 0 Å². The molecule has 2 amide bonds. The monoisotopic (exact) mass is 532 g/mol. The van der Waals surface area contributed by atoms with Crippen molar-refractivity contribution >= 4 is 40.7 Å². The Kier molecular flexibility index (Phi) is 8.82. The van der Waals surface area contributed by atoms with Gasteiger partial charge in [-0.1, -0.05) is 17.7 Å². The number of anilines is 3. The van der Waals surface area contributed by atoms with Gasteiger partial charge in [-0.15, -0.1) is 0 Å². The van der Waals surface area contributed by atoms with Crippen LogP contribution >= 0.6 is 0 Å². The van der Waals surface area contributed by atoms with E-state index < -0.39 is 0 Å². The van der Waals surface area contributed by atoms with Gasteiger partial charge >= 0.3 is 0 Å². The molecule has 2 aliphatic heterocycles. The Morgan fingerprint density at radius 1 is 1.15 bits per heavy atom. The van der Waals surface area contributed by atoms with Crippen molar-refractivity contribution in [1.82, 2.24) is 15.5 Å². The second-order valence-corrected chi connectivity index (χ2v) is 9.66. The number of guanidine groups is 1. The minimum absolute atomic E-state index is 0.0414. The molecule has 0 saturated carbocycles. The zero-order valence-corrected chi connectivity index (χ0v) is 23.1. The van der Waals surface area contributed by atoms with Crippen molar-refractivity contribution in [2.75, 3.05) is 63.5 Å². The van der Waals surface area contributed by atoms with E-state index in [1.165, 1.54) is 0 Å². The highest BCUT2D eigenvalue weighted by Crippen LogP contribution is 2.37. The summed E-state index contributed by atoms with van der Waals surface area (Å²) in [5, 5.41) is 12.5. The Balaban J connectivity index is 1.67. The molecular formula is C28H36N8O3. The standard InChI is InChI=1S/C28H36N8O3/c1-18-12-25(32-21-9-7-6-8-20(21)27(38)29-2)34-28(31-17-30-15-18)33-22-14-23-19(13-24(22)39-5)10-11-36(23)26(37)16-35(3)4/h6-9,13-15,30H,10-12,16-17H2,1-5H3,(H,29,38)(H2,31,32,33,34)/b18-15-. The highest BCUT2D eigenvalue weighted by Gasteiger charge is 2.27. The molecule has 0 bridgehead atoms. The smallest absolute Gasteiger partial charge is 0.253 e. The predicted molar refractivity (Wildman–Crippen MR) is 156 cm³/mol. The SMILES string of the molecule is CNC(=O)c1ccccc1NC1=NC(Nc2cc3c(cc2OC)CCN3C(=O)CN(C)C)=NCN/C=C(/C)C1. The van der Waals surface area contributed by atoms with E-state index in [-0.39, 0.29) is 11.8 Å². The minimum Gasteiger partial charge on any atom is -0.495 e. The lowest BCUT2D eigenvalue weighted by atomic mass is 10.1. The molecule has 11 heteroatoms. The van der Waals surface area contributed by atoms with Gasteiger partial charge < -0.3 is 35.8 Å². The van der Waals surface area contributed by atoms with Gasteiger partial charge in [0.1, 0.15) is 18.3 Å². The quantitative estimate of drug-likeness (QED) is 0.451. The summed E-state index contributed by atoms with van der Waals surface area (Å²) < 4.78 is 5.68. The van der Waals surface area contributed by atoms with Crippen molar-refractivity contribution in [2.24, 2.45) is 9.98 Å². The van der Waals surface area contributed by atoms with Gasteiger partial charge in [-0.2, -0.15) is 4.99 Å². The number of ether oxygens (including phenoxy) is 1. The Bertz CT molecular complexity index is 1330. The largest absolute Gasteiger partial charge is 0.495 e. The molecule has 0 unspecified atom stereocenters. The third kappa shape index (κ3) is 6.74. The summed E-state index contributed by atoms with van der Waals surface area (Å²) in [4.78, 5) is 38.4. The Morgan fingerprint density at radius 2 is 1.95 bits per heavy atom. The Morgan fingerprint density at radius 3 is 2.69 bits per heavy atom. The number of hydrogen-bond acceptors (Lipinski definition) is 9. The van der Waals surface area contributed by atoms with E-state index in [1.54, 1.807) is 20.2 Å². The molecule has 4 N–H and O–H groups in total. The van der Waals surface area contributed by atoms with Crippen LogP contribution in [0.3, 0.4) is 0 Å². The van der Waals surface area contributed by atoms with Crippen LogP contribution in [0, 0.1) is 0 Å². The number of rotatable bonds is 6. The van der Waals surface area contributed by atoms with E-state index in [9.17, 15) is 9.59 Å². The number of fused-ring (bicyclic) bond motifs is 1. The molecule has 2 aromatic carbocycles. The average Bonchev–Trinajstić information content (AvgIpc) is 3.35. The Hall–Kier alpha value is -4.38. The van der Waals surface area contributed by atoms with Gasteiger partial charge in [-0.05, 0) is 63.5 Å². The lowest BCUT2D eigenvalue weighted by Crippen LogP contribution is -2.36. The molecule has 0 saturated heterocycles. The zero-order valence-electron chi connectivity index (χ0n) is 23.1. The molecule has 0 aliphatic carbocycles. The van der Waals surface area contributed by atoms with Crippen LogP contribution in [-0.4, -0.2) is 76.5 Å². The average molecular weight is 533 g/mol. The van der Waals surface area contributed by atoms with Crippen LogP contribution in [0.2, 0.25) is 0 Å². The maximum Gasteiger partial charge on any atom is 0.253 e. The number of amidine groups is 1. The van der Waals surface area contributed by atoms with E-state index in [2.05, 4.69) is 26.3 Å². The van der Waals surface area contributed by atoms with Crippen LogP contribution in [0.1, 0.15) is 29.3 Å². The zero-order chi connectivity index (χ0) is 27.9. The molecule has 0 fully saturated rings. The highest BCUT2D eigenvalue weighted by molar-refractivity contribution is 6.11. The summed E-state index contributed by atoms with van der Waals surface area (Å²) in [6.07, 6.45) is 3.17. The van der Waals surface area contributed by atoms with Gasteiger partial charge in [0.2, 0.25) is 11.9 Å². The molecule has 39 heavy (non-hydrogen) atoms. The first kappa shape index (κ1) is 27.6. The summed E-state index contributed by atoms with van der Waals surface area (Å²) in [5.74, 6) is 1.44. The molecule has 0 spiro atoms. The number of nitrogens with zero attached hydrogens (tertiary/aromatic N) is 4. The molecular weight excluding hydrogens is 496 g/mol. The number of amides is 2. The first-order valence-corrected chi connectivity index (χ1v) is 12.8. The minimum atomic E-state index is -0.195. The lowest BCUT2D eigenvalue weighted by Gasteiger charge is -2.21. The molecule has 206 valence electrons. The van der Waals surface area contributed by atoms with E-state index in [0.29, 0.717) is 60.7 Å². The number of methoxy groups -OCH3 is 1. The number of hydrogen-bond donors (Lipinski definition) is 4. The van der Waals surface area contributed by atoms with Crippen molar-refractivity contribution in [1.29, 1.82) is 0 Å². The molecule has 2 aliphatic rings. The number of benzene rings is 2. The van der Waals surface area contributed by atoms with E-state index in [1.807, 2.05) is 67.4 Å². The van der Waals surface area contributed by atoms with Crippen LogP contribution in [0.15, 0.2) is 58.2 Å². The van der Waals surface area contributed by atoms with Gasteiger partial charge in [-0.3, -0.25) is 9.59 Å². The fourth-order valence-corrected chi connectivity index (χ4v) is 4.49. The first-order valence-electron chi connectivity index (χ1n) is 12.8. The molecule has 0 aromatic heterocycles. The van der Waals surface area contributed by atoms with Gasteiger partial charge in [0.15, 0.2) is 0 Å². The molecule has 4 rings (SSSR count).